The molecule has 0 spiro atoms. The van der Waals surface area contributed by atoms with Crippen LogP contribution in [0.4, 0.5) is 11.4 Å². The summed E-state index contributed by atoms with van der Waals surface area (Å²) in [5.74, 6) is 1.08. The molecule has 0 aliphatic carbocycles. The van der Waals surface area contributed by atoms with Gasteiger partial charge in [0.2, 0.25) is 0 Å². The number of benzene rings is 2. The number of hydrogen-bond acceptors (Lipinski definition) is 4. The van der Waals surface area contributed by atoms with E-state index in [-0.39, 0.29) is 13.7 Å². The number of nitrogens with zero attached hydrogens (tertiary/aromatic N) is 4. The number of anilines is 2. The van der Waals surface area contributed by atoms with Gasteiger partial charge in [0.05, 0.1) is 0 Å². The summed E-state index contributed by atoms with van der Waals surface area (Å²) in [6, 6.07) is 18.1. The van der Waals surface area contributed by atoms with Crippen molar-refractivity contribution in [3.8, 4) is 0 Å². The second kappa shape index (κ2) is 9.42. The maximum atomic E-state index is 2.50. The zero-order chi connectivity index (χ0) is 22.2. The first-order valence-electron chi connectivity index (χ1n) is 10.7. The van der Waals surface area contributed by atoms with Crippen LogP contribution in [0.5, 0.6) is 0 Å². The van der Waals surface area contributed by atoms with Crippen molar-refractivity contribution in [2.75, 3.05) is 37.8 Å². The molecule has 3 rings (SSSR count). The molecule has 2 aromatic rings. The van der Waals surface area contributed by atoms with Gasteiger partial charge in [0.15, 0.2) is 0 Å². The van der Waals surface area contributed by atoms with Gasteiger partial charge in [0.25, 0.3) is 0 Å². The Labute approximate surface area is 194 Å². The van der Waals surface area contributed by atoms with Crippen LogP contribution in [0.2, 0.25) is 0 Å². The normalized spacial score (nSPS) is 15.1. The summed E-state index contributed by atoms with van der Waals surface area (Å²) in [5, 5.41) is 0. The maximum absolute atomic E-state index is 2.50. The summed E-state index contributed by atoms with van der Waals surface area (Å²) in [4.78, 5) is 9.57. The molecule has 1 heterocycles. The Balaban J connectivity index is 2.06. The second-order valence-corrected chi connectivity index (χ2v) is 10.2. The number of rotatable bonds is 6. The molecular weight excluding hydrogens is 549 g/mol. The molecule has 0 unspecified atom stereocenters. The molecule has 1 aliphatic heterocycles. The van der Waals surface area contributed by atoms with Crippen molar-refractivity contribution in [1.29, 1.82) is 0 Å². The summed E-state index contributed by atoms with van der Waals surface area (Å²) in [6.45, 7) is 9.37. The van der Waals surface area contributed by atoms with Crippen molar-refractivity contribution in [3.63, 3.8) is 0 Å². The summed E-state index contributed by atoms with van der Waals surface area (Å²) in [7, 11) is 8.69. The average Bonchev–Trinajstić information content (AvgIpc) is 3.01. The van der Waals surface area contributed by atoms with E-state index in [1.165, 1.54) is 26.6 Å². The third kappa shape index (κ3) is 4.47. The standard InChI is InChI=1S/C23H34B2N4.Pt/c1-18(2)20-9-13-22(14-10-20)28-17-29(25(27(7)8)24(28)26(5)6)23-15-11-21(12-16-23)19(3)4;/h9-16,18-19H,1-8H3;. The first-order chi connectivity index (χ1) is 14.1. The van der Waals surface area contributed by atoms with Crippen molar-refractivity contribution >= 4 is 29.3 Å². The SMILES string of the molecule is CC(C)c1ccc(N2B(N(C)C)B(N(C)C)N(c3ccc(C(C)C)cc3)[C]2=[Pt])cc1. The van der Waals surface area contributed by atoms with Gasteiger partial charge in [-0.25, -0.2) is 0 Å². The summed E-state index contributed by atoms with van der Waals surface area (Å²) >= 11 is 2.50. The summed E-state index contributed by atoms with van der Waals surface area (Å²) in [5.41, 5.74) is 5.21. The van der Waals surface area contributed by atoms with Crippen LogP contribution in [-0.4, -0.2) is 55.7 Å². The fraction of sp³-hybridized carbons (Fsp3) is 0.435. The molecule has 0 bridgehead atoms. The Bertz CT molecular complexity index is 794. The van der Waals surface area contributed by atoms with E-state index in [0.29, 0.717) is 11.8 Å². The second-order valence-electron chi connectivity index (χ2n) is 9.23. The van der Waals surface area contributed by atoms with Crippen molar-refractivity contribution in [1.82, 2.24) is 9.62 Å². The monoisotopic (exact) mass is 583 g/mol. The van der Waals surface area contributed by atoms with E-state index in [9.17, 15) is 0 Å². The molecule has 0 aromatic heterocycles. The Morgan fingerprint density at radius 1 is 0.633 bits per heavy atom. The van der Waals surface area contributed by atoms with Crippen molar-refractivity contribution < 1.29 is 19.4 Å². The zero-order valence-corrected chi connectivity index (χ0v) is 21.8. The van der Waals surface area contributed by atoms with Crippen LogP contribution in [0.25, 0.3) is 0 Å². The summed E-state index contributed by atoms with van der Waals surface area (Å²) < 4.78 is 1.22. The molecule has 1 aliphatic rings. The predicted octanol–water partition coefficient (Wildman–Crippen LogP) is 4.07. The number of hydrogen-bond donors (Lipinski definition) is 0. The van der Waals surface area contributed by atoms with E-state index in [2.05, 4.69) is 143 Å². The molecule has 4 nitrogen and oxygen atoms in total. The molecule has 1 saturated heterocycles. The molecule has 162 valence electrons. The zero-order valence-electron chi connectivity index (χ0n) is 19.5. The third-order valence-electron chi connectivity index (χ3n) is 5.90. The van der Waals surface area contributed by atoms with Gasteiger partial charge in [-0.05, 0) is 0 Å². The quantitative estimate of drug-likeness (QED) is 0.476. The van der Waals surface area contributed by atoms with Gasteiger partial charge in [0, 0.05) is 0 Å². The van der Waals surface area contributed by atoms with Crippen LogP contribution in [-0.2, 0) is 19.4 Å². The van der Waals surface area contributed by atoms with Crippen LogP contribution in [0.1, 0.15) is 50.7 Å². The first-order valence-corrected chi connectivity index (χ1v) is 11.9. The molecule has 0 saturated carbocycles. The van der Waals surface area contributed by atoms with E-state index >= 15 is 0 Å². The van der Waals surface area contributed by atoms with Crippen molar-refractivity contribution in [2.45, 2.75) is 39.5 Å². The van der Waals surface area contributed by atoms with Crippen LogP contribution in [0, 0.1) is 0 Å². The van der Waals surface area contributed by atoms with Gasteiger partial charge in [-0.1, -0.05) is 0 Å². The van der Waals surface area contributed by atoms with E-state index in [1.807, 2.05) is 0 Å². The average molecular weight is 583 g/mol. The van der Waals surface area contributed by atoms with Crippen LogP contribution < -0.4 is 9.62 Å². The molecule has 7 heteroatoms. The van der Waals surface area contributed by atoms with Crippen molar-refractivity contribution in [3.05, 3.63) is 59.7 Å². The van der Waals surface area contributed by atoms with Gasteiger partial charge in [-0.15, -0.1) is 0 Å². The molecule has 0 N–H and O–H groups in total. The molecular formula is C23H34B2N4Pt. The predicted molar refractivity (Wildman–Crippen MR) is 130 cm³/mol. The Morgan fingerprint density at radius 3 is 1.17 bits per heavy atom. The van der Waals surface area contributed by atoms with E-state index in [0.717, 1.165) is 0 Å². The molecule has 0 amide bonds. The Morgan fingerprint density at radius 2 is 0.933 bits per heavy atom. The van der Waals surface area contributed by atoms with E-state index in [4.69, 9.17) is 0 Å². The Kier molecular flexibility index (Phi) is 7.32. The van der Waals surface area contributed by atoms with Crippen LogP contribution in [0.3, 0.4) is 0 Å². The fourth-order valence-electron chi connectivity index (χ4n) is 4.12. The fourth-order valence-corrected chi connectivity index (χ4v) is 5.31. The molecule has 30 heavy (non-hydrogen) atoms. The van der Waals surface area contributed by atoms with E-state index < -0.39 is 0 Å². The van der Waals surface area contributed by atoms with Crippen molar-refractivity contribution in [2.24, 2.45) is 0 Å². The van der Waals surface area contributed by atoms with Gasteiger partial charge in [-0.2, -0.15) is 0 Å². The molecule has 0 atom stereocenters. The van der Waals surface area contributed by atoms with Gasteiger partial charge >= 0.3 is 195 Å². The minimum atomic E-state index is 0.196. The van der Waals surface area contributed by atoms with Gasteiger partial charge in [0.1, 0.15) is 0 Å². The van der Waals surface area contributed by atoms with Crippen LogP contribution in [0.15, 0.2) is 48.5 Å². The van der Waals surface area contributed by atoms with E-state index in [1.54, 1.807) is 0 Å². The van der Waals surface area contributed by atoms with Gasteiger partial charge in [-0.3, -0.25) is 0 Å². The third-order valence-corrected chi connectivity index (χ3v) is 6.99. The van der Waals surface area contributed by atoms with Crippen LogP contribution >= 0.6 is 0 Å². The summed E-state index contributed by atoms with van der Waals surface area (Å²) in [6.07, 6.45) is 0. The molecule has 1 fully saturated rings. The minimum absolute atomic E-state index is 0.196. The molecule has 0 radical (unpaired) electrons. The Hall–Kier alpha value is -1.35. The topological polar surface area (TPSA) is 13.0 Å². The molecule has 2 aromatic carbocycles. The first kappa shape index (κ1) is 23.3. The van der Waals surface area contributed by atoms with Gasteiger partial charge < -0.3 is 0 Å².